The van der Waals surface area contributed by atoms with E-state index >= 15 is 0 Å². The van der Waals surface area contributed by atoms with E-state index in [2.05, 4.69) is 4.72 Å². The molecule has 0 spiro atoms. The normalized spacial score (nSPS) is 14.9. The summed E-state index contributed by atoms with van der Waals surface area (Å²) in [6.45, 7) is 3.42. The lowest BCUT2D eigenvalue weighted by molar-refractivity contribution is -0.384. The lowest BCUT2D eigenvalue weighted by Gasteiger charge is -2.32. The van der Waals surface area contributed by atoms with Crippen molar-refractivity contribution in [2.75, 3.05) is 19.7 Å². The smallest absolute Gasteiger partial charge is 0.269 e. The Morgan fingerprint density at radius 3 is 2.29 bits per heavy atom. The second kappa shape index (κ2) is 9.88. The molecular formula is C21H25N3O6S. The Hall–Kier alpha value is -2.98. The van der Waals surface area contributed by atoms with Crippen LogP contribution in [-0.2, 0) is 21.2 Å². The highest BCUT2D eigenvalue weighted by atomic mass is 32.2. The molecule has 3 rings (SSSR count). The number of nitro benzene ring substituents is 1. The number of rotatable bonds is 8. The Bertz CT molecular complexity index is 1010. The molecule has 1 N–H and O–H groups in total. The van der Waals surface area contributed by atoms with Gasteiger partial charge in [0.05, 0.1) is 22.8 Å². The molecule has 1 saturated heterocycles. The average Bonchev–Trinajstić information content (AvgIpc) is 2.75. The van der Waals surface area contributed by atoms with Gasteiger partial charge in [-0.3, -0.25) is 14.9 Å². The first kappa shape index (κ1) is 22.7. The maximum absolute atomic E-state index is 12.6. The highest BCUT2D eigenvalue weighted by molar-refractivity contribution is 7.89. The first-order valence-electron chi connectivity index (χ1n) is 10.0. The number of carbonyl (C=O) groups excluding carboxylic acids is 1. The molecule has 1 aliphatic heterocycles. The van der Waals surface area contributed by atoms with Gasteiger partial charge in [0.1, 0.15) is 5.75 Å². The third kappa shape index (κ3) is 6.02. The molecule has 31 heavy (non-hydrogen) atoms. The molecule has 10 heteroatoms. The molecule has 0 aromatic heterocycles. The van der Waals surface area contributed by atoms with Crippen LogP contribution in [0.1, 0.15) is 25.3 Å². The SMILES string of the molecule is CCOc1ccc(CC(=O)N2CCC(NS(=O)(=O)c3ccc([N+](=O)[O-])cc3)CC2)cc1. The summed E-state index contributed by atoms with van der Waals surface area (Å²) in [6.07, 6.45) is 1.29. The summed E-state index contributed by atoms with van der Waals surface area (Å²) in [4.78, 5) is 24.4. The summed E-state index contributed by atoms with van der Waals surface area (Å²) in [5, 5.41) is 10.7. The average molecular weight is 448 g/mol. The van der Waals surface area contributed by atoms with E-state index in [1.807, 2.05) is 31.2 Å². The monoisotopic (exact) mass is 447 g/mol. The molecule has 1 fully saturated rings. The summed E-state index contributed by atoms with van der Waals surface area (Å²) >= 11 is 0. The van der Waals surface area contributed by atoms with Crippen LogP contribution in [-0.4, -0.2) is 49.9 Å². The van der Waals surface area contributed by atoms with Gasteiger partial charge in [-0.05, 0) is 49.6 Å². The number of benzene rings is 2. The minimum absolute atomic E-state index is 0.000774. The predicted molar refractivity (Wildman–Crippen MR) is 114 cm³/mol. The van der Waals surface area contributed by atoms with E-state index in [1.165, 1.54) is 12.1 Å². The summed E-state index contributed by atoms with van der Waals surface area (Å²) < 4.78 is 33.1. The topological polar surface area (TPSA) is 119 Å². The summed E-state index contributed by atoms with van der Waals surface area (Å²) in [5.41, 5.74) is 0.729. The number of ether oxygens (including phenoxy) is 1. The standard InChI is InChI=1S/C21H25N3O6S/c1-2-30-19-7-3-16(4-8-19)15-21(25)23-13-11-17(12-14-23)22-31(28,29)20-9-5-18(6-10-20)24(26)27/h3-10,17,22H,2,11-15H2,1H3. The fraction of sp³-hybridized carbons (Fsp3) is 0.381. The number of hydrogen-bond donors (Lipinski definition) is 1. The van der Waals surface area contributed by atoms with Crippen LogP contribution in [0.2, 0.25) is 0 Å². The number of amides is 1. The van der Waals surface area contributed by atoms with Crippen LogP contribution < -0.4 is 9.46 Å². The van der Waals surface area contributed by atoms with E-state index in [9.17, 15) is 23.3 Å². The fourth-order valence-corrected chi connectivity index (χ4v) is 4.74. The zero-order chi connectivity index (χ0) is 22.4. The van der Waals surface area contributed by atoms with Gasteiger partial charge in [0, 0.05) is 31.3 Å². The fourth-order valence-electron chi connectivity index (χ4n) is 3.44. The highest BCUT2D eigenvalue weighted by Gasteiger charge is 2.27. The van der Waals surface area contributed by atoms with Crippen LogP contribution in [0, 0.1) is 10.1 Å². The van der Waals surface area contributed by atoms with Crippen LogP contribution in [0.4, 0.5) is 5.69 Å². The van der Waals surface area contributed by atoms with Crippen molar-refractivity contribution in [3.8, 4) is 5.75 Å². The first-order chi connectivity index (χ1) is 14.8. The molecule has 0 unspecified atom stereocenters. The van der Waals surface area contributed by atoms with Crippen molar-refractivity contribution in [1.29, 1.82) is 0 Å². The van der Waals surface area contributed by atoms with Crippen molar-refractivity contribution >= 4 is 21.6 Å². The molecule has 0 saturated carbocycles. The molecule has 0 aliphatic carbocycles. The van der Waals surface area contributed by atoms with Gasteiger partial charge >= 0.3 is 0 Å². The van der Waals surface area contributed by atoms with Crippen molar-refractivity contribution in [3.63, 3.8) is 0 Å². The van der Waals surface area contributed by atoms with Gasteiger partial charge in [-0.2, -0.15) is 0 Å². The van der Waals surface area contributed by atoms with Gasteiger partial charge in [-0.1, -0.05) is 12.1 Å². The summed E-state index contributed by atoms with van der Waals surface area (Å²) in [6, 6.07) is 11.9. The Labute approximate surface area is 181 Å². The molecule has 0 bridgehead atoms. The van der Waals surface area contributed by atoms with E-state index < -0.39 is 14.9 Å². The largest absolute Gasteiger partial charge is 0.494 e. The second-order valence-corrected chi connectivity index (χ2v) is 9.00. The van der Waals surface area contributed by atoms with Gasteiger partial charge in [0.2, 0.25) is 15.9 Å². The van der Waals surface area contributed by atoms with Crippen molar-refractivity contribution < 1.29 is 22.9 Å². The molecule has 2 aromatic carbocycles. The van der Waals surface area contributed by atoms with Crippen LogP contribution in [0.25, 0.3) is 0 Å². The summed E-state index contributed by atoms with van der Waals surface area (Å²) in [5.74, 6) is 0.764. The van der Waals surface area contributed by atoms with Gasteiger partial charge < -0.3 is 9.64 Å². The Balaban J connectivity index is 1.51. The quantitative estimate of drug-likeness (QED) is 0.491. The number of non-ortho nitro benzene ring substituents is 1. The second-order valence-electron chi connectivity index (χ2n) is 7.28. The number of piperidine rings is 1. The molecule has 1 heterocycles. The van der Waals surface area contributed by atoms with E-state index in [4.69, 9.17) is 4.74 Å². The highest BCUT2D eigenvalue weighted by Crippen LogP contribution is 2.19. The van der Waals surface area contributed by atoms with Crippen LogP contribution in [0.15, 0.2) is 53.4 Å². The Kier molecular flexibility index (Phi) is 7.24. The van der Waals surface area contributed by atoms with E-state index in [1.54, 1.807) is 4.90 Å². The number of nitro groups is 1. The molecule has 166 valence electrons. The van der Waals surface area contributed by atoms with Crippen LogP contribution in [0.3, 0.4) is 0 Å². The third-order valence-corrected chi connectivity index (χ3v) is 6.65. The number of nitrogens with zero attached hydrogens (tertiary/aromatic N) is 2. The third-order valence-electron chi connectivity index (χ3n) is 5.12. The molecule has 9 nitrogen and oxygen atoms in total. The maximum Gasteiger partial charge on any atom is 0.269 e. The first-order valence-corrected chi connectivity index (χ1v) is 11.5. The van der Waals surface area contributed by atoms with E-state index in [0.29, 0.717) is 32.5 Å². The van der Waals surface area contributed by atoms with Crippen molar-refractivity contribution in [2.45, 2.75) is 37.1 Å². The Morgan fingerprint density at radius 1 is 1.13 bits per heavy atom. The molecule has 2 aromatic rings. The molecule has 0 atom stereocenters. The van der Waals surface area contributed by atoms with Crippen LogP contribution >= 0.6 is 0 Å². The number of hydrogen-bond acceptors (Lipinski definition) is 6. The molecular weight excluding hydrogens is 422 g/mol. The molecule has 1 amide bonds. The van der Waals surface area contributed by atoms with Gasteiger partial charge in [0.15, 0.2) is 0 Å². The minimum atomic E-state index is -3.79. The van der Waals surface area contributed by atoms with Crippen molar-refractivity contribution in [1.82, 2.24) is 9.62 Å². The summed E-state index contributed by atoms with van der Waals surface area (Å²) in [7, 11) is -3.79. The minimum Gasteiger partial charge on any atom is -0.494 e. The predicted octanol–water partition coefficient (Wildman–Crippen LogP) is 2.51. The molecule has 0 radical (unpaired) electrons. The Morgan fingerprint density at radius 2 is 1.74 bits per heavy atom. The van der Waals surface area contributed by atoms with E-state index in [-0.39, 0.29) is 29.0 Å². The van der Waals surface area contributed by atoms with Crippen LogP contribution in [0.5, 0.6) is 5.75 Å². The zero-order valence-corrected chi connectivity index (χ0v) is 18.0. The van der Waals surface area contributed by atoms with E-state index in [0.717, 1.165) is 23.4 Å². The van der Waals surface area contributed by atoms with Gasteiger partial charge in [-0.25, -0.2) is 13.1 Å². The maximum atomic E-state index is 12.6. The lowest BCUT2D eigenvalue weighted by atomic mass is 10.0. The number of sulfonamides is 1. The van der Waals surface area contributed by atoms with Gasteiger partial charge in [-0.15, -0.1) is 0 Å². The van der Waals surface area contributed by atoms with Crippen molar-refractivity contribution in [2.24, 2.45) is 0 Å². The van der Waals surface area contributed by atoms with Gasteiger partial charge in [0.25, 0.3) is 5.69 Å². The number of likely N-dealkylation sites (tertiary alicyclic amines) is 1. The number of carbonyl (C=O) groups is 1. The lowest BCUT2D eigenvalue weighted by Crippen LogP contribution is -2.46. The zero-order valence-electron chi connectivity index (χ0n) is 17.2. The van der Waals surface area contributed by atoms with Crippen molar-refractivity contribution in [3.05, 3.63) is 64.2 Å². The molecule has 1 aliphatic rings. The number of nitrogens with one attached hydrogen (secondary N) is 1.